The fraction of sp³-hybridized carbons (Fsp3) is 0.818. The second-order valence-corrected chi connectivity index (χ2v) is 3.81. The first-order valence-corrected chi connectivity index (χ1v) is 5.62. The Morgan fingerprint density at radius 2 is 2.12 bits per heavy atom. The molecule has 0 fully saturated rings. The molecule has 0 aromatic carbocycles. The minimum absolute atomic E-state index is 0.0339. The van der Waals surface area contributed by atoms with Crippen LogP contribution in [0.3, 0.4) is 0 Å². The third-order valence-corrected chi connectivity index (χ3v) is 2.07. The second kappa shape index (κ2) is 9.15. The van der Waals surface area contributed by atoms with Crippen LogP contribution in [0.25, 0.3) is 0 Å². The van der Waals surface area contributed by atoms with Crippen molar-refractivity contribution in [3.8, 4) is 0 Å². The summed E-state index contributed by atoms with van der Waals surface area (Å²) in [6, 6.07) is 0. The zero-order chi connectivity index (χ0) is 12.4. The minimum Gasteiger partial charge on any atom is -0.481 e. The average molecular weight is 231 g/mol. The van der Waals surface area contributed by atoms with Gasteiger partial charge in [0.05, 0.1) is 0 Å². The molecule has 94 valence electrons. The van der Waals surface area contributed by atoms with Gasteiger partial charge in [0.2, 0.25) is 5.91 Å². The molecule has 0 rings (SSSR count). The van der Waals surface area contributed by atoms with E-state index in [1.807, 2.05) is 6.92 Å². The molecule has 0 saturated heterocycles. The Balaban J connectivity index is 3.45. The van der Waals surface area contributed by atoms with Crippen LogP contribution >= 0.6 is 0 Å². The molecular formula is C11H21NO4. The maximum Gasteiger partial charge on any atom is 0.303 e. The van der Waals surface area contributed by atoms with Gasteiger partial charge in [-0.2, -0.15) is 0 Å². The van der Waals surface area contributed by atoms with E-state index >= 15 is 0 Å². The van der Waals surface area contributed by atoms with E-state index in [0.29, 0.717) is 32.6 Å². The molecule has 2 N–H and O–H groups in total. The molecule has 0 aliphatic rings. The number of aliphatic carboxylic acids is 1. The third kappa shape index (κ3) is 9.45. The summed E-state index contributed by atoms with van der Waals surface area (Å²) < 4.78 is 5.10. The van der Waals surface area contributed by atoms with Crippen LogP contribution in [0.1, 0.15) is 33.1 Å². The molecule has 0 aliphatic carbocycles. The number of carboxylic acids is 1. The monoisotopic (exact) mass is 231 g/mol. The van der Waals surface area contributed by atoms with E-state index in [9.17, 15) is 9.59 Å². The Labute approximate surface area is 96.2 Å². The normalized spacial score (nSPS) is 12.1. The van der Waals surface area contributed by atoms with Crippen molar-refractivity contribution in [3.05, 3.63) is 0 Å². The van der Waals surface area contributed by atoms with Crippen molar-refractivity contribution in [2.24, 2.45) is 5.92 Å². The number of amides is 1. The number of hydrogen-bond donors (Lipinski definition) is 2. The van der Waals surface area contributed by atoms with E-state index in [-0.39, 0.29) is 18.2 Å². The van der Waals surface area contributed by atoms with Crippen LogP contribution in [-0.4, -0.2) is 36.7 Å². The minimum atomic E-state index is -0.835. The van der Waals surface area contributed by atoms with Gasteiger partial charge in [0.1, 0.15) is 0 Å². The molecule has 0 radical (unpaired) electrons. The Morgan fingerprint density at radius 1 is 1.44 bits per heavy atom. The van der Waals surface area contributed by atoms with Gasteiger partial charge in [-0.05, 0) is 19.3 Å². The SMILES string of the molecule is CCOCCCC(=O)NCC(C)CC(=O)O. The van der Waals surface area contributed by atoms with Gasteiger partial charge in [0, 0.05) is 32.6 Å². The molecule has 0 saturated carbocycles. The summed E-state index contributed by atoms with van der Waals surface area (Å²) >= 11 is 0. The van der Waals surface area contributed by atoms with Crippen molar-refractivity contribution < 1.29 is 19.4 Å². The van der Waals surface area contributed by atoms with E-state index in [0.717, 1.165) is 0 Å². The van der Waals surface area contributed by atoms with Crippen molar-refractivity contribution in [1.29, 1.82) is 0 Å². The Hall–Kier alpha value is -1.10. The number of rotatable bonds is 9. The predicted molar refractivity (Wildman–Crippen MR) is 60.2 cm³/mol. The fourth-order valence-electron chi connectivity index (χ4n) is 1.23. The number of carbonyl (C=O) groups excluding carboxylic acids is 1. The predicted octanol–water partition coefficient (Wildman–Crippen LogP) is 1.03. The molecule has 0 aliphatic heterocycles. The lowest BCUT2D eigenvalue weighted by Gasteiger charge is -2.10. The van der Waals surface area contributed by atoms with E-state index < -0.39 is 5.97 Å². The Bertz CT molecular complexity index is 218. The summed E-state index contributed by atoms with van der Waals surface area (Å²) in [6.07, 6.45) is 1.21. The third-order valence-electron chi connectivity index (χ3n) is 2.07. The van der Waals surface area contributed by atoms with Gasteiger partial charge >= 0.3 is 5.97 Å². The van der Waals surface area contributed by atoms with Crippen LogP contribution < -0.4 is 5.32 Å². The van der Waals surface area contributed by atoms with Gasteiger partial charge in [-0.1, -0.05) is 6.92 Å². The summed E-state index contributed by atoms with van der Waals surface area (Å²) in [5, 5.41) is 11.2. The van der Waals surface area contributed by atoms with Gasteiger partial charge in [0.25, 0.3) is 0 Å². The van der Waals surface area contributed by atoms with Crippen LogP contribution in [0.2, 0.25) is 0 Å². The molecule has 0 spiro atoms. The summed E-state index contributed by atoms with van der Waals surface area (Å²) in [7, 11) is 0. The maximum atomic E-state index is 11.3. The maximum absolute atomic E-state index is 11.3. The summed E-state index contributed by atoms with van der Waals surface area (Å²) in [5.41, 5.74) is 0. The van der Waals surface area contributed by atoms with Crippen LogP contribution in [0.15, 0.2) is 0 Å². The molecule has 1 amide bonds. The largest absolute Gasteiger partial charge is 0.481 e. The van der Waals surface area contributed by atoms with Gasteiger partial charge in [-0.15, -0.1) is 0 Å². The van der Waals surface area contributed by atoms with Gasteiger partial charge in [0.15, 0.2) is 0 Å². The molecule has 0 bridgehead atoms. The van der Waals surface area contributed by atoms with Crippen molar-refractivity contribution in [1.82, 2.24) is 5.32 Å². The summed E-state index contributed by atoms with van der Waals surface area (Å²) in [4.78, 5) is 21.7. The molecule has 1 atom stereocenters. The van der Waals surface area contributed by atoms with Crippen molar-refractivity contribution in [3.63, 3.8) is 0 Å². The molecular weight excluding hydrogens is 210 g/mol. The standard InChI is InChI=1S/C11H21NO4/c1-3-16-6-4-5-10(13)12-8-9(2)7-11(14)15/h9H,3-8H2,1-2H3,(H,12,13)(H,14,15). The number of carboxylic acid groups (broad SMARTS) is 1. The topological polar surface area (TPSA) is 75.6 Å². The molecule has 5 nitrogen and oxygen atoms in total. The Morgan fingerprint density at radius 3 is 2.69 bits per heavy atom. The lowest BCUT2D eigenvalue weighted by molar-refractivity contribution is -0.138. The Kier molecular flexibility index (Phi) is 8.52. The first-order chi connectivity index (χ1) is 7.56. The van der Waals surface area contributed by atoms with Crippen LogP contribution in [-0.2, 0) is 14.3 Å². The summed E-state index contributed by atoms with van der Waals surface area (Å²) in [6.45, 7) is 5.38. The molecule has 1 unspecified atom stereocenters. The van der Waals surface area contributed by atoms with Crippen LogP contribution in [0.4, 0.5) is 0 Å². The fourth-order valence-corrected chi connectivity index (χ4v) is 1.23. The number of carbonyl (C=O) groups is 2. The van der Waals surface area contributed by atoms with Gasteiger partial charge in [-0.25, -0.2) is 0 Å². The number of ether oxygens (including phenoxy) is 1. The smallest absolute Gasteiger partial charge is 0.303 e. The highest BCUT2D eigenvalue weighted by Gasteiger charge is 2.08. The van der Waals surface area contributed by atoms with E-state index in [2.05, 4.69) is 5.32 Å². The zero-order valence-corrected chi connectivity index (χ0v) is 9.99. The molecule has 5 heteroatoms. The van der Waals surface area contributed by atoms with Gasteiger partial charge < -0.3 is 15.2 Å². The number of nitrogens with one attached hydrogen (secondary N) is 1. The lowest BCUT2D eigenvalue weighted by Crippen LogP contribution is -2.29. The van der Waals surface area contributed by atoms with Crippen molar-refractivity contribution >= 4 is 11.9 Å². The highest BCUT2D eigenvalue weighted by atomic mass is 16.5. The van der Waals surface area contributed by atoms with Crippen LogP contribution in [0, 0.1) is 5.92 Å². The van der Waals surface area contributed by atoms with Crippen molar-refractivity contribution in [2.45, 2.75) is 33.1 Å². The van der Waals surface area contributed by atoms with E-state index in [4.69, 9.17) is 9.84 Å². The van der Waals surface area contributed by atoms with Gasteiger partial charge in [-0.3, -0.25) is 9.59 Å². The molecule has 0 aromatic rings. The molecule has 16 heavy (non-hydrogen) atoms. The van der Waals surface area contributed by atoms with Crippen molar-refractivity contribution in [2.75, 3.05) is 19.8 Å². The highest BCUT2D eigenvalue weighted by molar-refractivity contribution is 5.75. The lowest BCUT2D eigenvalue weighted by atomic mass is 10.1. The number of hydrogen-bond acceptors (Lipinski definition) is 3. The highest BCUT2D eigenvalue weighted by Crippen LogP contribution is 1.99. The second-order valence-electron chi connectivity index (χ2n) is 3.81. The first kappa shape index (κ1) is 14.9. The van der Waals surface area contributed by atoms with E-state index in [1.54, 1.807) is 6.92 Å². The zero-order valence-electron chi connectivity index (χ0n) is 9.99. The average Bonchev–Trinajstić information content (AvgIpc) is 2.20. The van der Waals surface area contributed by atoms with E-state index in [1.165, 1.54) is 0 Å². The molecule has 0 aromatic heterocycles. The molecule has 0 heterocycles. The summed E-state index contributed by atoms with van der Waals surface area (Å²) in [5.74, 6) is -0.914. The quantitative estimate of drug-likeness (QED) is 0.581. The van der Waals surface area contributed by atoms with Crippen LogP contribution in [0.5, 0.6) is 0 Å². The first-order valence-electron chi connectivity index (χ1n) is 5.62.